The molecule has 0 heterocycles. The molecule has 3 N–H and O–H groups in total. The molecule has 0 spiro atoms. The minimum Gasteiger partial charge on any atom is -0.466 e. The zero-order valence-electron chi connectivity index (χ0n) is 26.1. The summed E-state index contributed by atoms with van der Waals surface area (Å²) < 4.78 is 16.1. The largest absolute Gasteiger partial charge is 0.466 e. The normalized spacial score (nSPS) is 19.8. The third kappa shape index (κ3) is 13.0. The van der Waals surface area contributed by atoms with E-state index in [9.17, 15) is 19.2 Å². The maximum Gasteiger partial charge on any atom is 0.414 e. The first-order chi connectivity index (χ1) is 18.5. The average molecular weight is 569 g/mol. The van der Waals surface area contributed by atoms with Crippen LogP contribution >= 0.6 is 0 Å². The number of hydrogen-bond acceptors (Lipinski definition) is 8. The highest BCUT2D eigenvalue weighted by Gasteiger charge is 2.45. The van der Waals surface area contributed by atoms with Gasteiger partial charge >= 0.3 is 18.2 Å². The molecule has 0 aromatic rings. The highest BCUT2D eigenvalue weighted by Crippen LogP contribution is 2.40. The van der Waals surface area contributed by atoms with Gasteiger partial charge in [0.25, 0.3) is 0 Å². The van der Waals surface area contributed by atoms with E-state index in [0.29, 0.717) is 12.8 Å². The molecule has 0 aliphatic heterocycles. The zero-order valence-corrected chi connectivity index (χ0v) is 26.1. The minimum atomic E-state index is -0.799. The summed E-state index contributed by atoms with van der Waals surface area (Å²) in [6, 6.07) is -0.766. The number of ether oxygens (including phenoxy) is 3. The molecular weight excluding hydrogens is 516 g/mol. The lowest BCUT2D eigenvalue weighted by Crippen LogP contribution is -2.49. The van der Waals surface area contributed by atoms with Gasteiger partial charge in [-0.25, -0.2) is 14.6 Å². The number of rotatable bonds is 10. The van der Waals surface area contributed by atoms with Crippen molar-refractivity contribution in [2.75, 3.05) is 6.61 Å². The van der Waals surface area contributed by atoms with E-state index in [0.717, 1.165) is 25.7 Å². The van der Waals surface area contributed by atoms with E-state index in [4.69, 9.17) is 19.2 Å². The monoisotopic (exact) mass is 568 g/mol. The molecule has 1 rings (SSSR count). The van der Waals surface area contributed by atoms with Crippen LogP contribution in [0.4, 0.5) is 9.59 Å². The van der Waals surface area contributed by atoms with Crippen molar-refractivity contribution >= 4 is 30.0 Å². The van der Waals surface area contributed by atoms with Crippen molar-refractivity contribution in [3.63, 3.8) is 0 Å². The molecule has 4 atom stereocenters. The molecule has 0 bridgehead atoms. The molecule has 0 aromatic carbocycles. The molecule has 1 aliphatic rings. The van der Waals surface area contributed by atoms with Crippen LogP contribution in [0.2, 0.25) is 0 Å². The lowest BCUT2D eigenvalue weighted by Gasteiger charge is -2.34. The lowest BCUT2D eigenvalue weighted by atomic mass is 9.80. The van der Waals surface area contributed by atoms with Crippen molar-refractivity contribution < 1.29 is 33.4 Å². The topological polar surface area (TPSA) is 144 Å². The number of amides is 3. The van der Waals surface area contributed by atoms with E-state index in [-0.39, 0.29) is 42.3 Å². The van der Waals surface area contributed by atoms with Gasteiger partial charge in [0.05, 0.1) is 18.6 Å². The van der Waals surface area contributed by atoms with Crippen LogP contribution in [0.5, 0.6) is 0 Å². The molecule has 0 saturated heterocycles. The van der Waals surface area contributed by atoms with Gasteiger partial charge < -0.3 is 19.5 Å². The lowest BCUT2D eigenvalue weighted by molar-refractivity contribution is -0.147. The van der Waals surface area contributed by atoms with Crippen LogP contribution in [-0.4, -0.2) is 59.9 Å². The molecule has 3 amide bonds. The van der Waals surface area contributed by atoms with Crippen LogP contribution in [-0.2, 0) is 23.8 Å². The number of alkyl carbamates (subject to hydrolysis) is 2. The summed E-state index contributed by atoms with van der Waals surface area (Å²) in [5.74, 6) is -1.14. The number of aliphatic imine (C=N–C) groups is 1. The maximum absolute atomic E-state index is 12.8. The van der Waals surface area contributed by atoms with Crippen molar-refractivity contribution in [2.45, 2.75) is 131 Å². The summed E-state index contributed by atoms with van der Waals surface area (Å²) in [4.78, 5) is 55.3. The van der Waals surface area contributed by atoms with Gasteiger partial charge in [-0.15, -0.1) is 0 Å². The van der Waals surface area contributed by atoms with Gasteiger partial charge in [-0.05, 0) is 80.1 Å². The molecule has 1 saturated carbocycles. The first-order valence-electron chi connectivity index (χ1n) is 14.5. The number of carbonyl (C=O) groups excluding carboxylic acids is 4. The molecule has 0 aromatic heterocycles. The van der Waals surface area contributed by atoms with Crippen molar-refractivity contribution in [2.24, 2.45) is 22.7 Å². The number of nitrogens with one attached hydrogen (secondary N) is 3. The fourth-order valence-electron chi connectivity index (χ4n) is 5.15. The zero-order chi connectivity index (χ0) is 30.7. The fraction of sp³-hybridized carbons (Fsp3) is 0.828. The van der Waals surface area contributed by atoms with Crippen LogP contribution in [0.25, 0.3) is 0 Å². The molecular formula is C29H52N4O7. The number of nitrogens with zero attached hydrogens (tertiary/aromatic N) is 1. The molecule has 11 nitrogen and oxygen atoms in total. The van der Waals surface area contributed by atoms with E-state index in [1.54, 1.807) is 48.5 Å². The van der Waals surface area contributed by atoms with E-state index in [1.165, 1.54) is 6.92 Å². The SMILES string of the molecule is CCCC(CCC)C(NC(C)=O)[C@H]1C[C@H](C(=O)OCC)C[C@@H]1N=C(NC(=O)OC(C)(C)C)NC(=O)OC(C)(C)C. The molecule has 1 fully saturated rings. The van der Waals surface area contributed by atoms with Gasteiger partial charge in [-0.2, -0.15) is 0 Å². The van der Waals surface area contributed by atoms with Crippen molar-refractivity contribution in [1.29, 1.82) is 0 Å². The summed E-state index contributed by atoms with van der Waals surface area (Å²) in [6.07, 6.45) is 2.86. The van der Waals surface area contributed by atoms with Gasteiger partial charge in [0, 0.05) is 18.9 Å². The van der Waals surface area contributed by atoms with E-state index >= 15 is 0 Å². The molecule has 0 radical (unpaired) electrons. The highest BCUT2D eigenvalue weighted by atomic mass is 16.6. The second-order valence-electron chi connectivity index (χ2n) is 12.4. The Morgan fingerprint density at radius 3 is 1.75 bits per heavy atom. The summed E-state index contributed by atoms with van der Waals surface area (Å²) in [6.45, 7) is 18.0. The summed E-state index contributed by atoms with van der Waals surface area (Å²) in [7, 11) is 0. The fourth-order valence-corrected chi connectivity index (χ4v) is 5.15. The minimum absolute atomic E-state index is 0.146. The van der Waals surface area contributed by atoms with Gasteiger partial charge in [0.15, 0.2) is 0 Å². The third-order valence-corrected chi connectivity index (χ3v) is 6.39. The van der Waals surface area contributed by atoms with Crippen molar-refractivity contribution in [3.8, 4) is 0 Å². The molecule has 11 heteroatoms. The van der Waals surface area contributed by atoms with Crippen LogP contribution in [0.3, 0.4) is 0 Å². The number of guanidine groups is 1. The average Bonchev–Trinajstić information content (AvgIpc) is 3.18. The summed E-state index contributed by atoms with van der Waals surface area (Å²) >= 11 is 0. The summed E-state index contributed by atoms with van der Waals surface area (Å²) in [5.41, 5.74) is -1.56. The van der Waals surface area contributed by atoms with E-state index < -0.39 is 35.3 Å². The van der Waals surface area contributed by atoms with E-state index in [1.807, 2.05) is 0 Å². The quantitative estimate of drug-likeness (QED) is 0.144. The van der Waals surface area contributed by atoms with Crippen LogP contribution in [0.15, 0.2) is 4.99 Å². The van der Waals surface area contributed by atoms with Crippen LogP contribution in [0.1, 0.15) is 108 Å². The Labute approximate surface area is 239 Å². The Morgan fingerprint density at radius 2 is 1.35 bits per heavy atom. The van der Waals surface area contributed by atoms with Gasteiger partial charge in [-0.1, -0.05) is 26.7 Å². The molecule has 40 heavy (non-hydrogen) atoms. The van der Waals surface area contributed by atoms with Gasteiger partial charge in [0.2, 0.25) is 11.9 Å². The summed E-state index contributed by atoms with van der Waals surface area (Å²) in [5, 5.41) is 8.22. The van der Waals surface area contributed by atoms with Crippen LogP contribution < -0.4 is 16.0 Å². The van der Waals surface area contributed by atoms with Crippen molar-refractivity contribution in [3.05, 3.63) is 0 Å². The molecule has 230 valence electrons. The Morgan fingerprint density at radius 1 is 0.850 bits per heavy atom. The third-order valence-electron chi connectivity index (χ3n) is 6.39. The number of esters is 1. The number of hydrogen-bond donors (Lipinski definition) is 3. The second kappa shape index (κ2) is 15.8. The Bertz CT molecular complexity index is 854. The number of carbonyl (C=O) groups is 4. The first-order valence-corrected chi connectivity index (χ1v) is 14.5. The van der Waals surface area contributed by atoms with Gasteiger partial charge in [-0.3, -0.25) is 20.2 Å². The predicted octanol–water partition coefficient (Wildman–Crippen LogP) is 5.07. The molecule has 1 aliphatic carbocycles. The highest BCUT2D eigenvalue weighted by molar-refractivity contribution is 6.01. The van der Waals surface area contributed by atoms with Crippen molar-refractivity contribution in [1.82, 2.24) is 16.0 Å². The van der Waals surface area contributed by atoms with Gasteiger partial charge in [0.1, 0.15) is 11.2 Å². The smallest absolute Gasteiger partial charge is 0.414 e. The predicted molar refractivity (Wildman–Crippen MR) is 154 cm³/mol. The first kappa shape index (κ1) is 35.2. The maximum atomic E-state index is 12.8. The molecule has 1 unspecified atom stereocenters. The Kier molecular flexibility index (Phi) is 13.9. The Hall–Kier alpha value is -2.85. The standard InChI is InChI=1S/C29H52N4O7/c1-11-14-19(15-12-2)23(30-18(4)34)21-16-20(24(35)38-13-3)17-22(21)31-25(32-26(36)39-28(5,6)7)33-27(37)40-29(8,9)10/h19-23H,11-17H2,1-10H3,(H,30,34)(H2,31,32,33,36,37)/t20-,21-,22-,23?/m0/s1. The van der Waals surface area contributed by atoms with E-state index in [2.05, 4.69) is 29.8 Å². The second-order valence-corrected chi connectivity index (χ2v) is 12.4. The van der Waals surface area contributed by atoms with Crippen LogP contribution in [0, 0.1) is 17.8 Å². The Balaban J connectivity index is 3.54.